The Hall–Kier alpha value is -2.96. The Labute approximate surface area is 126 Å². The lowest BCUT2D eigenvalue weighted by Crippen LogP contribution is -2.24. The molecule has 2 rings (SSSR count). The first-order valence-corrected chi connectivity index (χ1v) is 6.51. The summed E-state index contributed by atoms with van der Waals surface area (Å²) >= 11 is 0. The number of hydrogen-bond donors (Lipinski definition) is 1. The molecule has 0 atom stereocenters. The Balaban J connectivity index is 2.12. The van der Waals surface area contributed by atoms with Crippen molar-refractivity contribution in [1.82, 2.24) is 0 Å². The summed E-state index contributed by atoms with van der Waals surface area (Å²) in [6.07, 6.45) is 1.12. The summed E-state index contributed by atoms with van der Waals surface area (Å²) in [5.74, 6) is -0.324. The van der Waals surface area contributed by atoms with Crippen LogP contribution in [-0.2, 0) is 11.2 Å². The quantitative estimate of drug-likeness (QED) is 0.384. The Bertz CT molecular complexity index is 689. The van der Waals surface area contributed by atoms with Gasteiger partial charge in [-0.1, -0.05) is 12.1 Å². The fraction of sp³-hybridized carbons (Fsp3) is 0.133. The maximum atomic E-state index is 12.8. The Kier molecular flexibility index (Phi) is 4.67. The van der Waals surface area contributed by atoms with Crippen molar-refractivity contribution in [3.8, 4) is 0 Å². The zero-order valence-corrected chi connectivity index (χ0v) is 11.6. The minimum Gasteiger partial charge on any atom is -0.397 e. The lowest BCUT2D eigenvalue weighted by Gasteiger charge is -2.19. The third-order valence-corrected chi connectivity index (χ3v) is 3.21. The number of amides is 1. The molecule has 6 nitrogen and oxygen atoms in total. The van der Waals surface area contributed by atoms with Gasteiger partial charge in [-0.3, -0.25) is 14.9 Å². The van der Waals surface area contributed by atoms with Gasteiger partial charge in [-0.2, -0.15) is 0 Å². The van der Waals surface area contributed by atoms with E-state index < -0.39 is 4.92 Å². The van der Waals surface area contributed by atoms with Crippen LogP contribution in [0.25, 0.3) is 0 Å². The van der Waals surface area contributed by atoms with Crippen LogP contribution in [0.2, 0.25) is 0 Å². The molecule has 114 valence electrons. The molecule has 0 spiro atoms. The number of nitro groups is 1. The van der Waals surface area contributed by atoms with Gasteiger partial charge in [0, 0.05) is 18.7 Å². The Morgan fingerprint density at radius 1 is 1.23 bits per heavy atom. The van der Waals surface area contributed by atoms with Crippen LogP contribution in [0.5, 0.6) is 0 Å². The summed E-state index contributed by atoms with van der Waals surface area (Å²) in [6, 6.07) is 9.91. The highest BCUT2D eigenvalue weighted by Crippen LogP contribution is 2.27. The van der Waals surface area contributed by atoms with Crippen molar-refractivity contribution in [2.45, 2.75) is 6.42 Å². The van der Waals surface area contributed by atoms with Gasteiger partial charge in [0.05, 0.1) is 16.3 Å². The second-order valence-corrected chi connectivity index (χ2v) is 4.68. The van der Waals surface area contributed by atoms with Gasteiger partial charge in [0.2, 0.25) is 6.41 Å². The summed E-state index contributed by atoms with van der Waals surface area (Å²) in [5.41, 5.74) is 7.06. The molecule has 0 heterocycles. The second kappa shape index (κ2) is 6.66. The summed E-state index contributed by atoms with van der Waals surface area (Å²) in [7, 11) is 0. The zero-order chi connectivity index (χ0) is 16.1. The number of rotatable bonds is 6. The van der Waals surface area contributed by atoms with Crippen LogP contribution < -0.4 is 10.6 Å². The molecular formula is C15H14FN3O3. The molecule has 7 heteroatoms. The fourth-order valence-electron chi connectivity index (χ4n) is 2.05. The third kappa shape index (κ3) is 3.57. The molecule has 0 fully saturated rings. The number of anilines is 2. The second-order valence-electron chi connectivity index (χ2n) is 4.68. The maximum Gasteiger partial charge on any atom is 0.271 e. The van der Waals surface area contributed by atoms with Crippen molar-refractivity contribution in [1.29, 1.82) is 0 Å². The van der Waals surface area contributed by atoms with Gasteiger partial charge in [-0.05, 0) is 30.2 Å². The molecule has 2 aromatic rings. The van der Waals surface area contributed by atoms with Crippen molar-refractivity contribution in [2.24, 2.45) is 0 Å². The maximum absolute atomic E-state index is 12.8. The normalized spacial score (nSPS) is 10.2. The lowest BCUT2D eigenvalue weighted by atomic mass is 10.1. The largest absolute Gasteiger partial charge is 0.397 e. The van der Waals surface area contributed by atoms with Crippen LogP contribution in [0.4, 0.5) is 21.5 Å². The predicted octanol–water partition coefficient (Wildman–Crippen LogP) is 2.52. The molecule has 0 aromatic heterocycles. The average molecular weight is 303 g/mol. The molecule has 2 N–H and O–H groups in total. The molecule has 0 saturated carbocycles. The summed E-state index contributed by atoms with van der Waals surface area (Å²) < 4.78 is 12.8. The predicted molar refractivity (Wildman–Crippen MR) is 81.0 cm³/mol. The van der Waals surface area contributed by atoms with E-state index in [1.165, 1.54) is 35.2 Å². The minimum atomic E-state index is -0.552. The van der Waals surface area contributed by atoms with Crippen molar-refractivity contribution in [3.63, 3.8) is 0 Å². The number of carbonyl (C=O) groups is 1. The SMILES string of the molecule is Nc1cc([N+](=O)[O-])ccc1N(C=O)CCc1ccc(F)cc1. The highest BCUT2D eigenvalue weighted by atomic mass is 19.1. The van der Waals surface area contributed by atoms with E-state index in [0.717, 1.165) is 5.56 Å². The smallest absolute Gasteiger partial charge is 0.271 e. The van der Waals surface area contributed by atoms with Crippen LogP contribution in [-0.4, -0.2) is 17.9 Å². The van der Waals surface area contributed by atoms with Gasteiger partial charge in [0.25, 0.3) is 5.69 Å². The standard InChI is InChI=1S/C15H14FN3O3/c16-12-3-1-11(2-4-12)7-8-18(10-20)15-6-5-13(19(21)22)9-14(15)17/h1-6,9-10H,7-8,17H2. The van der Waals surface area contributed by atoms with Gasteiger partial charge in [0.1, 0.15) is 5.82 Å². The number of carbonyl (C=O) groups excluding carboxylic acids is 1. The van der Waals surface area contributed by atoms with E-state index in [2.05, 4.69) is 0 Å². The summed E-state index contributed by atoms with van der Waals surface area (Å²) in [5, 5.41) is 10.7. The molecule has 0 bridgehead atoms. The molecule has 0 radical (unpaired) electrons. The lowest BCUT2D eigenvalue weighted by molar-refractivity contribution is -0.384. The fourth-order valence-corrected chi connectivity index (χ4v) is 2.05. The van der Waals surface area contributed by atoms with Crippen LogP contribution >= 0.6 is 0 Å². The van der Waals surface area contributed by atoms with Gasteiger partial charge >= 0.3 is 0 Å². The van der Waals surface area contributed by atoms with E-state index >= 15 is 0 Å². The van der Waals surface area contributed by atoms with Crippen molar-refractivity contribution < 1.29 is 14.1 Å². The first kappa shape index (κ1) is 15.4. The van der Waals surface area contributed by atoms with Crippen LogP contribution in [0.3, 0.4) is 0 Å². The van der Waals surface area contributed by atoms with Crippen LogP contribution in [0.1, 0.15) is 5.56 Å². The number of nitro benzene ring substituents is 1. The molecule has 0 unspecified atom stereocenters. The Morgan fingerprint density at radius 3 is 2.45 bits per heavy atom. The van der Waals surface area contributed by atoms with Gasteiger partial charge in [0.15, 0.2) is 0 Å². The number of hydrogen-bond acceptors (Lipinski definition) is 4. The van der Waals surface area contributed by atoms with Crippen molar-refractivity contribution >= 4 is 23.5 Å². The highest BCUT2D eigenvalue weighted by molar-refractivity contribution is 5.83. The molecule has 0 aliphatic heterocycles. The Morgan fingerprint density at radius 2 is 1.91 bits per heavy atom. The van der Waals surface area contributed by atoms with Crippen LogP contribution in [0, 0.1) is 15.9 Å². The number of halogens is 1. The van der Waals surface area contributed by atoms with Gasteiger partial charge < -0.3 is 10.6 Å². The topological polar surface area (TPSA) is 89.5 Å². The first-order valence-electron chi connectivity index (χ1n) is 6.51. The molecule has 1 amide bonds. The van der Waals surface area contributed by atoms with Crippen molar-refractivity contribution in [3.05, 3.63) is 64.0 Å². The molecule has 2 aromatic carbocycles. The summed E-state index contributed by atoms with van der Waals surface area (Å²) in [6.45, 7) is 0.330. The van der Waals surface area contributed by atoms with E-state index in [-0.39, 0.29) is 17.2 Å². The number of nitrogens with two attached hydrogens (primary N) is 1. The van der Waals surface area contributed by atoms with E-state index in [0.29, 0.717) is 25.1 Å². The molecule has 0 aliphatic carbocycles. The number of nitrogen functional groups attached to an aromatic ring is 1. The molecule has 0 saturated heterocycles. The number of benzene rings is 2. The van der Waals surface area contributed by atoms with Gasteiger partial charge in [-0.25, -0.2) is 4.39 Å². The average Bonchev–Trinajstić information content (AvgIpc) is 2.50. The van der Waals surface area contributed by atoms with Crippen LogP contribution in [0.15, 0.2) is 42.5 Å². The minimum absolute atomic E-state index is 0.134. The molecule has 0 aliphatic rings. The van der Waals surface area contributed by atoms with E-state index in [4.69, 9.17) is 5.73 Å². The molecular weight excluding hydrogens is 289 g/mol. The number of nitrogens with zero attached hydrogens (tertiary/aromatic N) is 2. The zero-order valence-electron chi connectivity index (χ0n) is 11.6. The van der Waals surface area contributed by atoms with E-state index in [1.807, 2.05) is 0 Å². The van der Waals surface area contributed by atoms with Crippen molar-refractivity contribution in [2.75, 3.05) is 17.2 Å². The molecule has 22 heavy (non-hydrogen) atoms. The highest BCUT2D eigenvalue weighted by Gasteiger charge is 2.13. The first-order chi connectivity index (χ1) is 10.5. The van der Waals surface area contributed by atoms with E-state index in [1.54, 1.807) is 12.1 Å². The third-order valence-electron chi connectivity index (χ3n) is 3.21. The summed E-state index contributed by atoms with van der Waals surface area (Å²) in [4.78, 5) is 22.7. The number of non-ortho nitro benzene ring substituents is 1. The van der Waals surface area contributed by atoms with E-state index in [9.17, 15) is 19.3 Å². The van der Waals surface area contributed by atoms with Gasteiger partial charge in [-0.15, -0.1) is 0 Å². The monoisotopic (exact) mass is 303 g/mol.